The van der Waals surface area contributed by atoms with Crippen LogP contribution in [0.15, 0.2) is 61.1 Å². The normalized spacial score (nSPS) is 16.2. The molecule has 0 saturated carbocycles. The molecule has 0 aliphatic carbocycles. The third kappa shape index (κ3) is 4.82. The van der Waals surface area contributed by atoms with Crippen molar-refractivity contribution in [2.24, 2.45) is 0 Å². The molecule has 7 heteroatoms. The van der Waals surface area contributed by atoms with E-state index in [1.165, 1.54) is 0 Å². The van der Waals surface area contributed by atoms with Crippen molar-refractivity contribution in [3.63, 3.8) is 0 Å². The first-order chi connectivity index (χ1) is 15.2. The first-order valence-corrected chi connectivity index (χ1v) is 10.8. The molecular formula is C24H27N5O2. The van der Waals surface area contributed by atoms with Gasteiger partial charge in [-0.05, 0) is 43.5 Å². The van der Waals surface area contributed by atoms with Gasteiger partial charge in [0.25, 0.3) is 5.91 Å². The van der Waals surface area contributed by atoms with Crippen LogP contribution in [0.5, 0.6) is 0 Å². The lowest BCUT2D eigenvalue weighted by atomic mass is 9.92. The van der Waals surface area contributed by atoms with Crippen LogP contribution in [0.2, 0.25) is 0 Å². The maximum atomic E-state index is 12.9. The van der Waals surface area contributed by atoms with Gasteiger partial charge in [-0.1, -0.05) is 24.3 Å². The van der Waals surface area contributed by atoms with Crippen molar-refractivity contribution >= 4 is 11.8 Å². The Hall–Kier alpha value is -3.48. The number of para-hydroxylation sites is 1. The molecule has 1 unspecified atom stereocenters. The molecule has 160 valence electrons. The standard InChI is InChI=1S/C24H27N5O2/c1-2-26-24(31)21-17-29(20-10-4-3-5-11-20)27-23(21)19-9-7-13-28(16-19)22(30)14-18-8-6-12-25-15-18/h3-6,8,10-12,15,17,19H,2,7,9,13-14,16H2,1H3,(H,26,31). The van der Waals surface area contributed by atoms with Crippen molar-refractivity contribution in [3.8, 4) is 5.69 Å². The van der Waals surface area contributed by atoms with Gasteiger partial charge in [-0.2, -0.15) is 5.10 Å². The van der Waals surface area contributed by atoms with E-state index in [1.54, 1.807) is 23.3 Å². The molecule has 0 radical (unpaired) electrons. The minimum Gasteiger partial charge on any atom is -0.352 e. The van der Waals surface area contributed by atoms with Crippen molar-refractivity contribution in [2.75, 3.05) is 19.6 Å². The van der Waals surface area contributed by atoms with Gasteiger partial charge in [0.2, 0.25) is 5.91 Å². The second-order valence-electron chi connectivity index (χ2n) is 7.78. The average molecular weight is 418 g/mol. The number of aromatic nitrogens is 3. The molecule has 1 fully saturated rings. The summed E-state index contributed by atoms with van der Waals surface area (Å²) in [5, 5.41) is 7.69. The van der Waals surface area contributed by atoms with Crippen LogP contribution < -0.4 is 5.32 Å². The number of nitrogens with zero attached hydrogens (tertiary/aromatic N) is 4. The fourth-order valence-corrected chi connectivity index (χ4v) is 4.05. The van der Waals surface area contributed by atoms with Gasteiger partial charge < -0.3 is 10.2 Å². The fraction of sp³-hybridized carbons (Fsp3) is 0.333. The molecule has 0 bridgehead atoms. The van der Waals surface area contributed by atoms with Gasteiger partial charge in [0.1, 0.15) is 0 Å². The van der Waals surface area contributed by atoms with E-state index in [2.05, 4.69) is 10.3 Å². The molecule has 2 aromatic heterocycles. The molecule has 1 saturated heterocycles. The molecule has 1 atom stereocenters. The number of rotatable bonds is 6. The Kier molecular flexibility index (Phi) is 6.40. The summed E-state index contributed by atoms with van der Waals surface area (Å²) in [4.78, 5) is 31.6. The predicted molar refractivity (Wildman–Crippen MR) is 118 cm³/mol. The number of likely N-dealkylation sites (tertiary alicyclic amines) is 1. The summed E-state index contributed by atoms with van der Waals surface area (Å²) in [7, 11) is 0. The smallest absolute Gasteiger partial charge is 0.254 e. The first-order valence-electron chi connectivity index (χ1n) is 10.8. The van der Waals surface area contributed by atoms with Crippen molar-refractivity contribution in [1.82, 2.24) is 25.0 Å². The molecule has 31 heavy (non-hydrogen) atoms. The summed E-state index contributed by atoms with van der Waals surface area (Å²) in [6.45, 7) is 3.75. The first kappa shape index (κ1) is 20.8. The van der Waals surface area contributed by atoms with Crippen LogP contribution >= 0.6 is 0 Å². The zero-order valence-electron chi connectivity index (χ0n) is 17.7. The molecule has 2 amide bonds. The molecule has 1 N–H and O–H groups in total. The Morgan fingerprint density at radius 2 is 2.00 bits per heavy atom. The second-order valence-corrected chi connectivity index (χ2v) is 7.78. The van der Waals surface area contributed by atoms with Gasteiger partial charge in [-0.15, -0.1) is 0 Å². The number of carbonyl (C=O) groups excluding carboxylic acids is 2. The van der Waals surface area contributed by atoms with Crippen molar-refractivity contribution in [3.05, 3.63) is 77.9 Å². The molecule has 0 spiro atoms. The Morgan fingerprint density at radius 3 is 2.74 bits per heavy atom. The molecule has 3 aromatic rings. The van der Waals surface area contributed by atoms with Gasteiger partial charge in [-0.25, -0.2) is 4.68 Å². The minimum atomic E-state index is -0.126. The van der Waals surface area contributed by atoms with Crippen LogP contribution in [0, 0.1) is 0 Å². The van der Waals surface area contributed by atoms with E-state index in [-0.39, 0.29) is 17.7 Å². The van der Waals surface area contributed by atoms with Gasteiger partial charge in [-0.3, -0.25) is 14.6 Å². The third-order valence-electron chi connectivity index (χ3n) is 5.58. The van der Waals surface area contributed by atoms with Crippen molar-refractivity contribution in [2.45, 2.75) is 32.1 Å². The summed E-state index contributed by atoms with van der Waals surface area (Å²) in [5.74, 6) is -0.0209. The fourth-order valence-electron chi connectivity index (χ4n) is 4.05. The number of amides is 2. The van der Waals surface area contributed by atoms with E-state index in [0.29, 0.717) is 25.1 Å². The summed E-state index contributed by atoms with van der Waals surface area (Å²) >= 11 is 0. The van der Waals surface area contributed by atoms with E-state index < -0.39 is 0 Å². The largest absolute Gasteiger partial charge is 0.352 e. The molecular weight excluding hydrogens is 390 g/mol. The van der Waals surface area contributed by atoms with Crippen molar-refractivity contribution < 1.29 is 9.59 Å². The average Bonchev–Trinajstić information content (AvgIpc) is 3.26. The van der Waals surface area contributed by atoms with Crippen molar-refractivity contribution in [1.29, 1.82) is 0 Å². The van der Waals surface area contributed by atoms with Gasteiger partial charge in [0.15, 0.2) is 0 Å². The summed E-state index contributed by atoms with van der Waals surface area (Å²) < 4.78 is 1.76. The summed E-state index contributed by atoms with van der Waals surface area (Å²) in [6.07, 6.45) is 7.35. The SMILES string of the molecule is CCNC(=O)c1cn(-c2ccccc2)nc1C1CCCN(C(=O)Cc2cccnc2)C1. The van der Waals surface area contributed by atoms with E-state index in [1.807, 2.05) is 54.3 Å². The number of hydrogen-bond donors (Lipinski definition) is 1. The molecule has 1 aromatic carbocycles. The lowest BCUT2D eigenvalue weighted by Crippen LogP contribution is -2.40. The number of carbonyl (C=O) groups is 2. The Labute approximate surface area is 182 Å². The van der Waals surface area contributed by atoms with Crippen LogP contribution in [0.1, 0.15) is 47.3 Å². The number of pyridine rings is 1. The zero-order valence-corrected chi connectivity index (χ0v) is 17.7. The molecule has 7 nitrogen and oxygen atoms in total. The summed E-state index contributed by atoms with van der Waals surface area (Å²) in [5.41, 5.74) is 3.15. The maximum Gasteiger partial charge on any atom is 0.254 e. The second kappa shape index (κ2) is 9.55. The Morgan fingerprint density at radius 1 is 1.16 bits per heavy atom. The van der Waals surface area contributed by atoms with Crippen LogP contribution in [-0.2, 0) is 11.2 Å². The highest BCUT2D eigenvalue weighted by atomic mass is 16.2. The van der Waals surface area contributed by atoms with Crippen LogP contribution in [-0.4, -0.2) is 51.1 Å². The number of nitrogens with one attached hydrogen (secondary N) is 1. The molecule has 4 rings (SSSR count). The molecule has 3 heterocycles. The van der Waals surface area contributed by atoms with Crippen LogP contribution in [0.3, 0.4) is 0 Å². The number of hydrogen-bond acceptors (Lipinski definition) is 4. The number of piperidine rings is 1. The Balaban J connectivity index is 1.57. The maximum absolute atomic E-state index is 12.9. The highest BCUT2D eigenvalue weighted by Gasteiger charge is 2.30. The monoisotopic (exact) mass is 417 g/mol. The predicted octanol–water partition coefficient (Wildman–Crippen LogP) is 2.97. The quantitative estimate of drug-likeness (QED) is 0.669. The van der Waals surface area contributed by atoms with E-state index in [0.717, 1.165) is 36.3 Å². The van der Waals surface area contributed by atoms with E-state index in [9.17, 15) is 9.59 Å². The molecule has 1 aliphatic heterocycles. The van der Waals surface area contributed by atoms with E-state index >= 15 is 0 Å². The van der Waals surface area contributed by atoms with Gasteiger partial charge in [0.05, 0.1) is 23.4 Å². The molecule has 1 aliphatic rings. The summed E-state index contributed by atoms with van der Waals surface area (Å²) in [6, 6.07) is 13.5. The third-order valence-corrected chi connectivity index (χ3v) is 5.58. The highest BCUT2D eigenvalue weighted by Crippen LogP contribution is 2.29. The number of benzene rings is 1. The lowest BCUT2D eigenvalue weighted by molar-refractivity contribution is -0.131. The van der Waals surface area contributed by atoms with E-state index in [4.69, 9.17) is 5.10 Å². The van der Waals surface area contributed by atoms with Crippen LogP contribution in [0.25, 0.3) is 5.69 Å². The lowest BCUT2D eigenvalue weighted by Gasteiger charge is -2.32. The minimum absolute atomic E-state index is 0.0224. The van der Waals surface area contributed by atoms with Gasteiger partial charge in [0, 0.05) is 44.1 Å². The topological polar surface area (TPSA) is 80.1 Å². The van der Waals surface area contributed by atoms with Crippen LogP contribution in [0.4, 0.5) is 0 Å². The Bertz CT molecular complexity index is 1030. The van der Waals surface area contributed by atoms with Gasteiger partial charge >= 0.3 is 0 Å². The highest BCUT2D eigenvalue weighted by molar-refractivity contribution is 5.95. The zero-order chi connectivity index (χ0) is 21.6.